The fourth-order valence-corrected chi connectivity index (χ4v) is 2.48. The number of amides is 1. The van der Waals surface area contributed by atoms with Crippen LogP contribution in [0.1, 0.15) is 6.92 Å². The van der Waals surface area contributed by atoms with E-state index >= 15 is 0 Å². The molecule has 0 unspecified atom stereocenters. The van der Waals surface area contributed by atoms with Gasteiger partial charge in [-0.15, -0.1) is 0 Å². The van der Waals surface area contributed by atoms with E-state index in [4.69, 9.17) is 9.47 Å². The second-order valence-electron chi connectivity index (χ2n) is 5.46. The van der Waals surface area contributed by atoms with Crippen molar-refractivity contribution in [2.24, 2.45) is 0 Å². The summed E-state index contributed by atoms with van der Waals surface area (Å²) in [7, 11) is 1.57. The van der Waals surface area contributed by atoms with Crippen molar-refractivity contribution in [3.8, 4) is 11.5 Å². The molecule has 0 heterocycles. The van der Waals surface area contributed by atoms with E-state index in [-0.39, 0.29) is 5.91 Å². The molecule has 1 amide bonds. The molecule has 0 radical (unpaired) electrons. The Labute approximate surface area is 141 Å². The molecule has 0 saturated carbocycles. The van der Waals surface area contributed by atoms with Gasteiger partial charge in [0.2, 0.25) is 0 Å². The van der Waals surface area contributed by atoms with Gasteiger partial charge >= 0.3 is 0 Å². The minimum atomic E-state index is -0.629. The number of rotatable bonds is 5. The molecule has 0 spiro atoms. The topological polar surface area (TPSA) is 47.6 Å². The molecule has 4 nitrogen and oxygen atoms in total. The van der Waals surface area contributed by atoms with E-state index in [0.717, 1.165) is 10.8 Å². The molecule has 3 aromatic rings. The van der Waals surface area contributed by atoms with Gasteiger partial charge in [0.1, 0.15) is 11.5 Å². The summed E-state index contributed by atoms with van der Waals surface area (Å²) in [6, 6.07) is 21.1. The summed E-state index contributed by atoms with van der Waals surface area (Å²) in [5, 5.41) is 5.04. The first-order valence-corrected chi connectivity index (χ1v) is 7.77. The van der Waals surface area contributed by atoms with Gasteiger partial charge in [0.15, 0.2) is 6.10 Å². The van der Waals surface area contributed by atoms with E-state index < -0.39 is 6.10 Å². The summed E-state index contributed by atoms with van der Waals surface area (Å²) >= 11 is 0. The highest BCUT2D eigenvalue weighted by Crippen LogP contribution is 2.24. The SMILES string of the molecule is COc1ccccc1NC(=O)[C@@H](C)Oc1ccc2ccccc2c1. The number of benzene rings is 3. The van der Waals surface area contributed by atoms with Gasteiger partial charge in [0.25, 0.3) is 5.91 Å². The van der Waals surface area contributed by atoms with Crippen LogP contribution >= 0.6 is 0 Å². The van der Waals surface area contributed by atoms with E-state index in [1.54, 1.807) is 26.2 Å². The average molecular weight is 321 g/mol. The molecule has 0 aliphatic heterocycles. The first-order valence-electron chi connectivity index (χ1n) is 7.77. The fourth-order valence-electron chi connectivity index (χ4n) is 2.48. The Balaban J connectivity index is 1.71. The van der Waals surface area contributed by atoms with Crippen molar-refractivity contribution in [1.82, 2.24) is 0 Å². The lowest BCUT2D eigenvalue weighted by Gasteiger charge is -2.16. The van der Waals surface area contributed by atoms with Crippen molar-refractivity contribution in [2.45, 2.75) is 13.0 Å². The van der Waals surface area contributed by atoms with Crippen molar-refractivity contribution >= 4 is 22.4 Å². The first-order chi connectivity index (χ1) is 11.7. The standard InChI is InChI=1S/C20H19NO3/c1-14(20(22)21-18-9-5-6-10-19(18)23-2)24-17-12-11-15-7-3-4-8-16(15)13-17/h3-14H,1-2H3,(H,21,22)/t14-/m1/s1. The van der Waals surface area contributed by atoms with E-state index in [0.29, 0.717) is 17.2 Å². The van der Waals surface area contributed by atoms with Crippen molar-refractivity contribution in [3.05, 3.63) is 66.7 Å². The second-order valence-corrected chi connectivity index (χ2v) is 5.46. The number of hydrogen-bond donors (Lipinski definition) is 1. The molecule has 0 aromatic heterocycles. The van der Waals surface area contributed by atoms with Crippen molar-refractivity contribution in [3.63, 3.8) is 0 Å². The third kappa shape index (κ3) is 3.49. The van der Waals surface area contributed by atoms with Crippen molar-refractivity contribution < 1.29 is 14.3 Å². The zero-order valence-electron chi connectivity index (χ0n) is 13.7. The van der Waals surface area contributed by atoms with Crippen LogP contribution in [0.3, 0.4) is 0 Å². The Kier molecular flexibility index (Phi) is 4.66. The molecule has 1 atom stereocenters. The number of carbonyl (C=O) groups excluding carboxylic acids is 1. The van der Waals surface area contributed by atoms with Gasteiger partial charge in [-0.1, -0.05) is 42.5 Å². The first kappa shape index (κ1) is 15.9. The number of hydrogen-bond acceptors (Lipinski definition) is 3. The van der Waals surface area contributed by atoms with E-state index in [1.807, 2.05) is 54.6 Å². The molecular weight excluding hydrogens is 302 g/mol. The lowest BCUT2D eigenvalue weighted by atomic mass is 10.1. The van der Waals surface area contributed by atoms with Crippen LogP contribution in [0, 0.1) is 0 Å². The number of nitrogens with one attached hydrogen (secondary N) is 1. The summed E-state index contributed by atoms with van der Waals surface area (Å²) in [6.45, 7) is 1.72. The maximum absolute atomic E-state index is 12.4. The number of ether oxygens (including phenoxy) is 2. The summed E-state index contributed by atoms with van der Waals surface area (Å²) in [4.78, 5) is 12.4. The summed E-state index contributed by atoms with van der Waals surface area (Å²) < 4.78 is 11.0. The fraction of sp³-hybridized carbons (Fsp3) is 0.150. The number of methoxy groups -OCH3 is 1. The summed E-state index contributed by atoms with van der Waals surface area (Å²) in [5.74, 6) is 1.05. The maximum atomic E-state index is 12.4. The van der Waals surface area contributed by atoms with Crippen LogP contribution in [0.5, 0.6) is 11.5 Å². The predicted molar refractivity (Wildman–Crippen MR) is 95.7 cm³/mol. The molecular formula is C20H19NO3. The van der Waals surface area contributed by atoms with Crippen molar-refractivity contribution in [1.29, 1.82) is 0 Å². The van der Waals surface area contributed by atoms with Gasteiger partial charge in [-0.2, -0.15) is 0 Å². The smallest absolute Gasteiger partial charge is 0.265 e. The highest BCUT2D eigenvalue weighted by atomic mass is 16.5. The minimum Gasteiger partial charge on any atom is -0.495 e. The molecule has 0 fully saturated rings. The summed E-state index contributed by atoms with van der Waals surface area (Å²) in [6.07, 6.45) is -0.629. The van der Waals surface area contributed by atoms with E-state index in [1.165, 1.54) is 0 Å². The quantitative estimate of drug-likeness (QED) is 0.764. The number of fused-ring (bicyclic) bond motifs is 1. The lowest BCUT2D eigenvalue weighted by molar-refractivity contribution is -0.122. The average Bonchev–Trinajstić information content (AvgIpc) is 2.62. The molecule has 4 heteroatoms. The highest BCUT2D eigenvalue weighted by Gasteiger charge is 2.16. The maximum Gasteiger partial charge on any atom is 0.265 e. The molecule has 0 saturated heterocycles. The van der Waals surface area contributed by atoms with Crippen LogP contribution in [-0.2, 0) is 4.79 Å². The van der Waals surface area contributed by atoms with Crippen LogP contribution in [0.4, 0.5) is 5.69 Å². The number of anilines is 1. The Hall–Kier alpha value is -3.01. The number of carbonyl (C=O) groups is 1. The third-order valence-corrected chi connectivity index (χ3v) is 3.77. The van der Waals surface area contributed by atoms with E-state index in [2.05, 4.69) is 5.32 Å². The molecule has 122 valence electrons. The van der Waals surface area contributed by atoms with E-state index in [9.17, 15) is 4.79 Å². The van der Waals surface area contributed by atoms with Crippen LogP contribution in [-0.4, -0.2) is 19.1 Å². The van der Waals surface area contributed by atoms with Crippen molar-refractivity contribution in [2.75, 3.05) is 12.4 Å². The molecule has 24 heavy (non-hydrogen) atoms. The van der Waals surface area contributed by atoms with Crippen LogP contribution in [0.25, 0.3) is 10.8 Å². The Bertz CT molecular complexity index is 860. The van der Waals surface area contributed by atoms with Gasteiger partial charge in [0, 0.05) is 0 Å². The van der Waals surface area contributed by atoms with Gasteiger partial charge in [0.05, 0.1) is 12.8 Å². The van der Waals surface area contributed by atoms with Crippen LogP contribution < -0.4 is 14.8 Å². The highest BCUT2D eigenvalue weighted by molar-refractivity contribution is 5.95. The third-order valence-electron chi connectivity index (χ3n) is 3.77. The van der Waals surface area contributed by atoms with Gasteiger partial charge < -0.3 is 14.8 Å². The molecule has 3 aromatic carbocycles. The predicted octanol–water partition coefficient (Wildman–Crippen LogP) is 4.25. The Morgan fingerprint density at radius 3 is 2.46 bits per heavy atom. The van der Waals surface area contributed by atoms with Gasteiger partial charge in [-0.05, 0) is 42.0 Å². The van der Waals surface area contributed by atoms with Crippen LogP contribution in [0.15, 0.2) is 66.7 Å². The Morgan fingerprint density at radius 2 is 1.67 bits per heavy atom. The second kappa shape index (κ2) is 7.04. The zero-order chi connectivity index (χ0) is 16.9. The number of para-hydroxylation sites is 2. The largest absolute Gasteiger partial charge is 0.495 e. The monoisotopic (exact) mass is 321 g/mol. The molecule has 1 N–H and O–H groups in total. The molecule has 0 aliphatic rings. The van der Waals surface area contributed by atoms with Crippen LogP contribution in [0.2, 0.25) is 0 Å². The zero-order valence-corrected chi connectivity index (χ0v) is 13.7. The van der Waals surface area contributed by atoms with Gasteiger partial charge in [-0.3, -0.25) is 4.79 Å². The lowest BCUT2D eigenvalue weighted by Crippen LogP contribution is -2.30. The normalized spacial score (nSPS) is 11.8. The summed E-state index contributed by atoms with van der Waals surface area (Å²) in [5.41, 5.74) is 0.624. The van der Waals surface area contributed by atoms with Gasteiger partial charge in [-0.25, -0.2) is 0 Å². The molecule has 0 aliphatic carbocycles. The minimum absolute atomic E-state index is 0.229. The molecule has 0 bridgehead atoms. The Morgan fingerprint density at radius 1 is 0.958 bits per heavy atom. The molecule has 3 rings (SSSR count).